The minimum absolute atomic E-state index is 0. The van der Waals surface area contributed by atoms with Crippen LogP contribution in [0.4, 0.5) is 0 Å². The molecule has 0 heterocycles. The van der Waals surface area contributed by atoms with Crippen LogP contribution in [0, 0.1) is 35.5 Å². The minimum atomic E-state index is -2.48. The molecule has 3 rings (SSSR count). The van der Waals surface area contributed by atoms with E-state index < -0.39 is 145 Å². The molecule has 0 fully saturated rings. The third-order valence-corrected chi connectivity index (χ3v) is 10.7. The van der Waals surface area contributed by atoms with Gasteiger partial charge in [-0.25, -0.2) is 14.4 Å². The van der Waals surface area contributed by atoms with E-state index in [1.54, 1.807) is 0 Å². The minimum Gasteiger partial charge on any atom is -0.546 e. The first kappa shape index (κ1) is 74.4. The van der Waals surface area contributed by atoms with Crippen LogP contribution in [-0.2, 0) is 62.4 Å². The molecule has 6 unspecified atom stereocenters. The molecule has 0 radical (unpaired) electrons. The van der Waals surface area contributed by atoms with Crippen molar-refractivity contribution in [1.82, 2.24) is 0 Å². The Morgan fingerprint density at radius 3 is 0.680 bits per heavy atom. The van der Waals surface area contributed by atoms with Gasteiger partial charge in [-0.15, -0.1) is 0 Å². The maximum absolute atomic E-state index is 11.5. The van der Waals surface area contributed by atoms with Crippen molar-refractivity contribution >= 4 is 53.7 Å². The van der Waals surface area contributed by atoms with Crippen LogP contribution in [0.1, 0.15) is 58.2 Å². The van der Waals surface area contributed by atoms with Gasteiger partial charge >= 0.3 is 124 Å². The summed E-state index contributed by atoms with van der Waals surface area (Å²) in [6.07, 6.45) is -1.26. The van der Waals surface area contributed by atoms with Crippen LogP contribution in [0.15, 0.2) is 72.8 Å². The summed E-state index contributed by atoms with van der Waals surface area (Å²) in [6.45, 7) is 7.21. The fraction of sp³-hybridized carbons (Fsp3) is 0.438. The van der Waals surface area contributed by atoms with E-state index in [1.807, 2.05) is 0 Å². The van der Waals surface area contributed by atoms with Crippen molar-refractivity contribution in [2.75, 3.05) is 19.8 Å². The van der Waals surface area contributed by atoms with Crippen LogP contribution in [0.5, 0.6) is 17.2 Å². The molecule has 0 aromatic heterocycles. The number of carboxylic acid groups (broad SMARTS) is 9. The number of carbonyl (C=O) groups is 9. The average Bonchev–Trinajstić information content (AvgIpc) is 3.25. The van der Waals surface area contributed by atoms with Gasteiger partial charge in [-0.2, -0.15) is 0 Å². The van der Waals surface area contributed by atoms with Crippen molar-refractivity contribution in [2.24, 2.45) is 35.5 Å². The maximum atomic E-state index is 11.5. The van der Waals surface area contributed by atoms with Crippen LogP contribution in [0.25, 0.3) is 0 Å². The van der Waals surface area contributed by atoms with E-state index in [2.05, 4.69) is 0 Å². The number of hydrogen-bond acceptors (Lipinski definition) is 18. The first-order valence-corrected chi connectivity index (χ1v) is 21.5. The quantitative estimate of drug-likeness (QED) is 0.0320. The second-order valence-electron chi connectivity index (χ2n) is 17.3. The van der Waals surface area contributed by atoms with Crippen LogP contribution < -0.4 is 118 Å². The molecule has 27 heteroatoms. The van der Waals surface area contributed by atoms with E-state index in [0.29, 0.717) is 16.7 Å². The van der Waals surface area contributed by atoms with Crippen molar-refractivity contribution in [3.63, 3.8) is 0 Å². The molecule has 75 heavy (non-hydrogen) atoms. The maximum Gasteiger partial charge on any atom is 1.00 e. The molecule has 3 aromatic rings. The molecule has 0 spiro atoms. The molecule has 0 bridgehead atoms. The van der Waals surface area contributed by atoms with E-state index in [9.17, 15) is 104 Å². The van der Waals surface area contributed by atoms with Crippen molar-refractivity contribution in [3.05, 3.63) is 89.5 Å². The fourth-order valence-electron chi connectivity index (χ4n) is 7.55. The second-order valence-corrected chi connectivity index (χ2v) is 17.3. The summed E-state index contributed by atoms with van der Waals surface area (Å²) in [4.78, 5) is 99.6. The van der Waals surface area contributed by atoms with Crippen molar-refractivity contribution in [2.45, 2.75) is 77.6 Å². The van der Waals surface area contributed by atoms with Gasteiger partial charge in [-0.1, -0.05) is 77.9 Å². The Hall–Kier alpha value is -4.83. The normalized spacial score (nSPS) is 14.1. The predicted octanol–water partition coefficient (Wildman–Crippen LogP) is -10.4. The summed E-state index contributed by atoms with van der Waals surface area (Å²) >= 11 is 0. The van der Waals surface area contributed by atoms with Gasteiger partial charge in [-0.05, 0) is 70.8 Å². The van der Waals surface area contributed by atoms with Gasteiger partial charge in [0, 0.05) is 19.3 Å². The third kappa shape index (κ3) is 23.5. The molecule has 24 nitrogen and oxygen atoms in total. The summed E-state index contributed by atoms with van der Waals surface area (Å²) in [7, 11) is 0. The predicted molar refractivity (Wildman–Crippen MR) is 238 cm³/mol. The summed E-state index contributed by atoms with van der Waals surface area (Å²) in [5, 5.41) is 118. The van der Waals surface area contributed by atoms with Gasteiger partial charge in [0.25, 0.3) is 0 Å². The monoisotopic (exact) mass is 1090 g/mol. The SMILES string of the molecule is CC(C)C(C(=O)O)C(O)(Cc1ccc(OCC(=O)[O-])cc1)C(=O)O.CC(C)C(C(=O)O)C(O)(Cc1ccc(OCC(=O)[O-])cc1)C(=O)O.CC(C)C(C(=O)O)C(O)(Cc1ccc(OCC(=O)[O-])cc1)C(=O)O.[Na+].[Na+].[Na+]. The molecular weight excluding hydrogens is 1030 g/mol. The number of carboxylic acids is 9. The average molecular weight is 1090 g/mol. The van der Waals surface area contributed by atoms with Gasteiger partial charge in [0.2, 0.25) is 0 Å². The van der Waals surface area contributed by atoms with Gasteiger partial charge in [0.15, 0.2) is 16.8 Å². The van der Waals surface area contributed by atoms with Crippen LogP contribution in [-0.4, -0.2) is 136 Å². The first-order valence-electron chi connectivity index (χ1n) is 21.5. The molecule has 3 aromatic carbocycles. The van der Waals surface area contributed by atoms with Crippen LogP contribution in [0.3, 0.4) is 0 Å². The zero-order valence-corrected chi connectivity index (χ0v) is 48.8. The van der Waals surface area contributed by atoms with Gasteiger partial charge in [-0.3, -0.25) is 14.4 Å². The van der Waals surface area contributed by atoms with Crippen molar-refractivity contribution in [1.29, 1.82) is 0 Å². The molecule has 0 aliphatic heterocycles. The Labute approximate surface area is 496 Å². The molecule has 6 atom stereocenters. The van der Waals surface area contributed by atoms with E-state index in [4.69, 9.17) is 14.2 Å². The molecular formula is C48H57Na3O24. The van der Waals surface area contributed by atoms with E-state index in [-0.39, 0.29) is 106 Å². The zero-order valence-electron chi connectivity index (χ0n) is 42.8. The Morgan fingerprint density at radius 1 is 0.387 bits per heavy atom. The van der Waals surface area contributed by atoms with E-state index in [0.717, 1.165) is 0 Å². The summed E-state index contributed by atoms with van der Waals surface area (Å²) in [5.41, 5.74) is -6.33. The van der Waals surface area contributed by atoms with E-state index in [1.165, 1.54) is 114 Å². The molecule has 0 aliphatic rings. The Kier molecular flexibility index (Phi) is 33.8. The standard InChI is InChI=1S/3C16H20O8.3Na/c3*1-9(2)13(14(19)20)16(23,15(21)22)7-10-3-5-11(6-4-10)24-8-12(17)18;;;/h3*3-6,9,13,23H,7-8H2,1-2H3,(H,17,18)(H,19,20)(H,21,22);;;/q;;;3*+1/p-3. The second kappa shape index (κ2) is 34.0. The third-order valence-electron chi connectivity index (χ3n) is 10.7. The summed E-state index contributed by atoms with van der Waals surface area (Å²) < 4.78 is 14.7. The van der Waals surface area contributed by atoms with Gasteiger partial charge < -0.3 is 89.9 Å². The zero-order chi connectivity index (χ0) is 55.5. The number of benzene rings is 3. The Bertz CT molecular complexity index is 2100. The largest absolute Gasteiger partial charge is 1.00 e. The summed E-state index contributed by atoms with van der Waals surface area (Å²) in [6, 6.07) is 16.9. The number of hydrogen-bond donors (Lipinski definition) is 9. The molecule has 9 N–H and O–H groups in total. The van der Waals surface area contributed by atoms with Crippen molar-refractivity contribution in [3.8, 4) is 17.2 Å². The van der Waals surface area contributed by atoms with Crippen LogP contribution >= 0.6 is 0 Å². The smallest absolute Gasteiger partial charge is 0.546 e. The van der Waals surface area contributed by atoms with Crippen molar-refractivity contribution < 1.29 is 207 Å². The fourth-order valence-corrected chi connectivity index (χ4v) is 7.55. The molecule has 0 saturated heterocycles. The molecule has 0 saturated carbocycles. The summed E-state index contributed by atoms with van der Waals surface area (Å²) in [5.74, 6) is -18.9. The molecule has 0 amide bonds. The van der Waals surface area contributed by atoms with Gasteiger partial charge in [0.05, 0.1) is 35.7 Å². The number of aliphatic hydroxyl groups is 3. The van der Waals surface area contributed by atoms with Crippen LogP contribution in [0.2, 0.25) is 0 Å². The van der Waals surface area contributed by atoms with Gasteiger partial charge in [0.1, 0.15) is 37.1 Å². The van der Waals surface area contributed by atoms with E-state index >= 15 is 0 Å². The Morgan fingerprint density at radius 2 is 0.560 bits per heavy atom. The number of aliphatic carboxylic acids is 9. The number of carbonyl (C=O) groups excluding carboxylic acids is 3. The molecule has 396 valence electrons. The number of ether oxygens (including phenoxy) is 3. The topological polar surface area (TPSA) is 433 Å². The number of rotatable bonds is 27. The first-order chi connectivity index (χ1) is 33.2. The molecule has 0 aliphatic carbocycles. The Balaban J connectivity index is -0.00000102.